The molecule has 0 aromatic carbocycles. The average molecular weight is 228 g/mol. The van der Waals surface area contributed by atoms with Crippen molar-refractivity contribution in [3.05, 3.63) is 0 Å². The number of ether oxygens (including phenoxy) is 4. The molecule has 0 saturated carbocycles. The highest BCUT2D eigenvalue weighted by Gasteiger charge is 2.47. The summed E-state index contributed by atoms with van der Waals surface area (Å²) in [5.41, 5.74) is 0. The molecule has 5 atom stereocenters. The van der Waals surface area contributed by atoms with Crippen molar-refractivity contribution in [2.75, 3.05) is 19.8 Å². The summed E-state index contributed by atoms with van der Waals surface area (Å²) in [6.45, 7) is 4.44. The molecule has 4 nitrogen and oxygen atoms in total. The quantitative estimate of drug-likeness (QED) is 0.714. The zero-order chi connectivity index (χ0) is 11.0. The van der Waals surface area contributed by atoms with E-state index in [2.05, 4.69) is 6.92 Å². The second-order valence-corrected chi connectivity index (χ2v) is 5.04. The van der Waals surface area contributed by atoms with Crippen LogP contribution in [0.2, 0.25) is 0 Å². The summed E-state index contributed by atoms with van der Waals surface area (Å²) < 4.78 is 23.0. The Labute approximate surface area is 96.2 Å². The fourth-order valence-corrected chi connectivity index (χ4v) is 2.79. The zero-order valence-corrected chi connectivity index (χ0v) is 9.76. The second-order valence-electron chi connectivity index (χ2n) is 5.04. The Morgan fingerprint density at radius 3 is 2.69 bits per heavy atom. The normalized spacial score (nSPS) is 48.2. The smallest absolute Gasteiger partial charge is 0.158 e. The first-order chi connectivity index (χ1) is 7.84. The highest BCUT2D eigenvalue weighted by atomic mass is 16.7. The third-order valence-corrected chi connectivity index (χ3v) is 3.72. The van der Waals surface area contributed by atoms with Gasteiger partial charge in [-0.25, -0.2) is 0 Å². The van der Waals surface area contributed by atoms with Crippen LogP contribution in [0.5, 0.6) is 0 Å². The first kappa shape index (κ1) is 11.0. The van der Waals surface area contributed by atoms with E-state index in [1.54, 1.807) is 0 Å². The van der Waals surface area contributed by atoms with Gasteiger partial charge >= 0.3 is 0 Å². The van der Waals surface area contributed by atoms with Gasteiger partial charge < -0.3 is 18.9 Å². The molecule has 3 aliphatic rings. The Morgan fingerprint density at radius 2 is 1.88 bits per heavy atom. The highest BCUT2D eigenvalue weighted by molar-refractivity contribution is 4.93. The third-order valence-electron chi connectivity index (χ3n) is 3.72. The van der Waals surface area contributed by atoms with Crippen molar-refractivity contribution in [3.8, 4) is 0 Å². The lowest BCUT2D eigenvalue weighted by Crippen LogP contribution is -2.36. The van der Waals surface area contributed by atoms with Crippen molar-refractivity contribution < 1.29 is 18.9 Å². The molecule has 92 valence electrons. The van der Waals surface area contributed by atoms with Crippen molar-refractivity contribution in [2.45, 2.75) is 50.8 Å². The van der Waals surface area contributed by atoms with Gasteiger partial charge in [0.05, 0.1) is 19.3 Å². The van der Waals surface area contributed by atoms with Gasteiger partial charge in [-0.2, -0.15) is 0 Å². The van der Waals surface area contributed by atoms with Gasteiger partial charge in [-0.3, -0.25) is 0 Å². The molecule has 3 fully saturated rings. The van der Waals surface area contributed by atoms with Crippen LogP contribution in [0, 0.1) is 5.92 Å². The van der Waals surface area contributed by atoms with Gasteiger partial charge in [0.2, 0.25) is 0 Å². The SMILES string of the molecule is C[C@@H]1CO[C@H]2C1OC[C@H]2OC1CCCCO1. The minimum atomic E-state index is -0.0411. The third kappa shape index (κ3) is 1.99. The summed E-state index contributed by atoms with van der Waals surface area (Å²) in [6, 6.07) is 0. The fraction of sp³-hybridized carbons (Fsp3) is 1.00. The van der Waals surface area contributed by atoms with Gasteiger partial charge in [0.15, 0.2) is 6.29 Å². The molecule has 0 N–H and O–H groups in total. The molecular weight excluding hydrogens is 208 g/mol. The predicted octanol–water partition coefficient (Wildman–Crippen LogP) is 1.33. The van der Waals surface area contributed by atoms with E-state index in [0.29, 0.717) is 12.5 Å². The van der Waals surface area contributed by atoms with Crippen LogP contribution >= 0.6 is 0 Å². The fourth-order valence-electron chi connectivity index (χ4n) is 2.79. The molecule has 3 saturated heterocycles. The van der Waals surface area contributed by atoms with E-state index in [-0.39, 0.29) is 24.6 Å². The van der Waals surface area contributed by atoms with E-state index in [9.17, 15) is 0 Å². The van der Waals surface area contributed by atoms with E-state index in [0.717, 1.165) is 26.1 Å². The standard InChI is InChI=1S/C12H20O4/c1-8-6-14-12-9(7-15-11(8)12)16-10-4-2-3-5-13-10/h8-12H,2-7H2,1H3/t8-,9-,10?,11?,12-/m1/s1. The average Bonchev–Trinajstić information content (AvgIpc) is 2.86. The number of hydrogen-bond acceptors (Lipinski definition) is 4. The summed E-state index contributed by atoms with van der Waals surface area (Å²) in [6.07, 6.45) is 3.74. The van der Waals surface area contributed by atoms with E-state index in [4.69, 9.17) is 18.9 Å². The minimum absolute atomic E-state index is 0.0411. The van der Waals surface area contributed by atoms with E-state index < -0.39 is 0 Å². The Morgan fingerprint density at radius 1 is 1.00 bits per heavy atom. The van der Waals surface area contributed by atoms with Crippen LogP contribution in [0.25, 0.3) is 0 Å². The first-order valence-electron chi connectivity index (χ1n) is 6.35. The molecule has 0 spiro atoms. The van der Waals surface area contributed by atoms with Gasteiger partial charge in [-0.1, -0.05) is 6.92 Å². The van der Waals surface area contributed by atoms with E-state index in [1.165, 1.54) is 6.42 Å². The summed E-state index contributed by atoms with van der Waals surface area (Å²) >= 11 is 0. The molecule has 4 heteroatoms. The molecule has 2 unspecified atom stereocenters. The van der Waals surface area contributed by atoms with E-state index >= 15 is 0 Å². The number of fused-ring (bicyclic) bond motifs is 1. The lowest BCUT2D eigenvalue weighted by Gasteiger charge is -2.27. The van der Waals surface area contributed by atoms with Crippen molar-refractivity contribution in [3.63, 3.8) is 0 Å². The van der Waals surface area contributed by atoms with Gasteiger partial charge in [-0.15, -0.1) is 0 Å². The maximum absolute atomic E-state index is 5.94. The number of hydrogen-bond donors (Lipinski definition) is 0. The molecule has 3 heterocycles. The van der Waals surface area contributed by atoms with Crippen molar-refractivity contribution in [2.24, 2.45) is 5.92 Å². The molecule has 0 aliphatic carbocycles. The number of rotatable bonds is 2. The summed E-state index contributed by atoms with van der Waals surface area (Å²) in [7, 11) is 0. The highest BCUT2D eigenvalue weighted by Crippen LogP contribution is 2.33. The Bertz CT molecular complexity index is 239. The van der Waals surface area contributed by atoms with E-state index in [1.807, 2.05) is 0 Å². The van der Waals surface area contributed by atoms with Crippen LogP contribution in [0.4, 0.5) is 0 Å². The van der Waals surface area contributed by atoms with Crippen molar-refractivity contribution >= 4 is 0 Å². The van der Waals surface area contributed by atoms with Crippen LogP contribution < -0.4 is 0 Å². The lowest BCUT2D eigenvalue weighted by atomic mass is 10.0. The molecule has 3 aliphatic heterocycles. The molecule has 0 aromatic heterocycles. The summed E-state index contributed by atoms with van der Waals surface area (Å²) in [4.78, 5) is 0. The monoisotopic (exact) mass is 228 g/mol. The van der Waals surface area contributed by atoms with Gasteiger partial charge in [0.25, 0.3) is 0 Å². The van der Waals surface area contributed by atoms with Crippen LogP contribution in [-0.2, 0) is 18.9 Å². The van der Waals surface area contributed by atoms with Crippen molar-refractivity contribution in [1.29, 1.82) is 0 Å². The maximum atomic E-state index is 5.94. The molecule has 0 bridgehead atoms. The topological polar surface area (TPSA) is 36.9 Å². The zero-order valence-electron chi connectivity index (χ0n) is 9.76. The Kier molecular flexibility index (Phi) is 3.16. The summed E-state index contributed by atoms with van der Waals surface area (Å²) in [5, 5.41) is 0. The van der Waals surface area contributed by atoms with Crippen LogP contribution in [0.3, 0.4) is 0 Å². The molecule has 0 amide bonds. The van der Waals surface area contributed by atoms with Crippen LogP contribution in [0.1, 0.15) is 26.2 Å². The lowest BCUT2D eigenvalue weighted by molar-refractivity contribution is -0.202. The minimum Gasteiger partial charge on any atom is -0.372 e. The maximum Gasteiger partial charge on any atom is 0.158 e. The van der Waals surface area contributed by atoms with Gasteiger partial charge in [-0.05, 0) is 19.3 Å². The molecule has 0 radical (unpaired) electrons. The first-order valence-corrected chi connectivity index (χ1v) is 6.35. The van der Waals surface area contributed by atoms with Crippen molar-refractivity contribution in [1.82, 2.24) is 0 Å². The van der Waals surface area contributed by atoms with Crippen LogP contribution in [0.15, 0.2) is 0 Å². The van der Waals surface area contributed by atoms with Gasteiger partial charge in [0.1, 0.15) is 12.2 Å². The molecule has 3 rings (SSSR count). The predicted molar refractivity (Wildman–Crippen MR) is 57.1 cm³/mol. The molecule has 16 heavy (non-hydrogen) atoms. The second kappa shape index (κ2) is 4.61. The molecular formula is C12H20O4. The summed E-state index contributed by atoms with van der Waals surface area (Å²) in [5.74, 6) is 0.492. The largest absolute Gasteiger partial charge is 0.372 e. The Balaban J connectivity index is 1.55. The van der Waals surface area contributed by atoms with Crippen LogP contribution in [-0.4, -0.2) is 44.4 Å². The Hall–Kier alpha value is -0.160. The van der Waals surface area contributed by atoms with Gasteiger partial charge in [0, 0.05) is 12.5 Å². The molecule has 0 aromatic rings.